The summed E-state index contributed by atoms with van der Waals surface area (Å²) in [7, 11) is 1.79. The second-order valence-corrected chi connectivity index (χ2v) is 5.68. The van der Waals surface area contributed by atoms with Gasteiger partial charge >= 0.3 is 5.97 Å². The fourth-order valence-electron chi connectivity index (χ4n) is 1.98. The number of nitrogens with zero attached hydrogens (tertiary/aromatic N) is 2. The number of likely N-dealkylation sites (N-methyl/N-ethyl adjacent to an activating group) is 1. The van der Waals surface area contributed by atoms with Crippen molar-refractivity contribution in [3.05, 3.63) is 22.4 Å². The molecule has 0 atom stereocenters. The number of thiophene rings is 1. The molecule has 0 spiro atoms. The molecule has 5 nitrogen and oxygen atoms in total. The van der Waals surface area contributed by atoms with Crippen molar-refractivity contribution in [1.82, 2.24) is 9.80 Å². The van der Waals surface area contributed by atoms with Crippen LogP contribution in [0.25, 0.3) is 0 Å². The Labute approximate surface area is 130 Å². The van der Waals surface area contributed by atoms with Gasteiger partial charge in [0.1, 0.15) is 0 Å². The van der Waals surface area contributed by atoms with E-state index in [1.165, 1.54) is 0 Å². The zero-order chi connectivity index (χ0) is 15.7. The maximum atomic E-state index is 12.2. The Morgan fingerprint density at radius 1 is 1.29 bits per heavy atom. The minimum absolute atomic E-state index is 0.0129. The van der Waals surface area contributed by atoms with Gasteiger partial charge in [0.25, 0.3) is 0 Å². The van der Waals surface area contributed by atoms with Crippen molar-refractivity contribution in [3.8, 4) is 0 Å². The molecular weight excluding hydrogens is 288 g/mol. The van der Waals surface area contributed by atoms with Crippen LogP contribution >= 0.6 is 11.3 Å². The van der Waals surface area contributed by atoms with Gasteiger partial charge in [-0.2, -0.15) is 11.3 Å². The number of amides is 1. The number of esters is 1. The lowest BCUT2D eigenvalue weighted by atomic mass is 10.3. The number of ether oxygens (including phenoxy) is 1. The minimum atomic E-state index is -0.278. The van der Waals surface area contributed by atoms with Crippen LogP contribution in [0.4, 0.5) is 0 Å². The van der Waals surface area contributed by atoms with E-state index in [1.807, 2.05) is 28.7 Å². The monoisotopic (exact) mass is 312 g/mol. The average Bonchev–Trinajstić information content (AvgIpc) is 2.91. The molecule has 21 heavy (non-hydrogen) atoms. The molecule has 1 rings (SSSR count). The maximum Gasteiger partial charge on any atom is 0.320 e. The molecule has 0 aromatic carbocycles. The smallest absolute Gasteiger partial charge is 0.320 e. The van der Waals surface area contributed by atoms with Crippen LogP contribution in [0, 0.1) is 0 Å². The van der Waals surface area contributed by atoms with Gasteiger partial charge < -0.3 is 9.64 Å². The predicted octanol–water partition coefficient (Wildman–Crippen LogP) is 1.98. The van der Waals surface area contributed by atoms with Crippen molar-refractivity contribution < 1.29 is 14.3 Å². The van der Waals surface area contributed by atoms with E-state index < -0.39 is 0 Å². The van der Waals surface area contributed by atoms with Crippen LogP contribution < -0.4 is 0 Å². The van der Waals surface area contributed by atoms with Crippen molar-refractivity contribution in [3.63, 3.8) is 0 Å². The Morgan fingerprint density at radius 2 is 2.05 bits per heavy atom. The Hall–Kier alpha value is -1.40. The van der Waals surface area contributed by atoms with E-state index >= 15 is 0 Å². The molecular formula is C15H24N2O3S. The lowest BCUT2D eigenvalue weighted by Gasteiger charge is -2.23. The highest BCUT2D eigenvalue weighted by molar-refractivity contribution is 7.07. The summed E-state index contributed by atoms with van der Waals surface area (Å²) in [5.41, 5.74) is 1.13. The first-order chi connectivity index (χ1) is 10.1. The van der Waals surface area contributed by atoms with Crippen LogP contribution in [0.3, 0.4) is 0 Å². The molecule has 1 heterocycles. The summed E-state index contributed by atoms with van der Waals surface area (Å²) in [5.74, 6) is -0.266. The lowest BCUT2D eigenvalue weighted by molar-refractivity contribution is -0.145. The summed E-state index contributed by atoms with van der Waals surface area (Å²) < 4.78 is 4.94. The first kappa shape index (κ1) is 17.7. The van der Waals surface area contributed by atoms with Gasteiger partial charge in [-0.05, 0) is 42.3 Å². The fourth-order valence-corrected chi connectivity index (χ4v) is 2.64. The summed E-state index contributed by atoms with van der Waals surface area (Å²) in [6.07, 6.45) is 0.890. The fraction of sp³-hybridized carbons (Fsp3) is 0.600. The van der Waals surface area contributed by atoms with Gasteiger partial charge in [0.05, 0.1) is 19.7 Å². The minimum Gasteiger partial charge on any atom is -0.465 e. The molecule has 0 aliphatic carbocycles. The molecule has 0 saturated carbocycles. The molecule has 0 unspecified atom stereocenters. The largest absolute Gasteiger partial charge is 0.465 e. The molecule has 0 radical (unpaired) electrons. The molecule has 1 aromatic heterocycles. The maximum absolute atomic E-state index is 12.2. The molecule has 0 aliphatic rings. The number of rotatable bonds is 9. The zero-order valence-electron chi connectivity index (χ0n) is 13.0. The van der Waals surface area contributed by atoms with E-state index in [1.54, 1.807) is 30.2 Å². The Morgan fingerprint density at radius 3 is 2.62 bits per heavy atom. The van der Waals surface area contributed by atoms with Crippen LogP contribution in [0.1, 0.15) is 25.8 Å². The molecule has 0 saturated heterocycles. The van der Waals surface area contributed by atoms with Crippen LogP contribution in [-0.2, 0) is 20.9 Å². The van der Waals surface area contributed by atoms with Crippen molar-refractivity contribution >= 4 is 23.2 Å². The first-order valence-corrected chi connectivity index (χ1v) is 8.14. The molecule has 118 valence electrons. The lowest BCUT2D eigenvalue weighted by Crippen LogP contribution is -2.41. The van der Waals surface area contributed by atoms with Crippen LogP contribution in [0.2, 0.25) is 0 Å². The number of hydrogen-bond acceptors (Lipinski definition) is 5. The molecule has 0 N–H and O–H groups in total. The van der Waals surface area contributed by atoms with Gasteiger partial charge in [0, 0.05) is 13.6 Å². The van der Waals surface area contributed by atoms with E-state index in [0.29, 0.717) is 19.7 Å². The third kappa shape index (κ3) is 6.73. The van der Waals surface area contributed by atoms with E-state index in [2.05, 4.69) is 0 Å². The molecule has 6 heteroatoms. The highest BCUT2D eigenvalue weighted by Gasteiger charge is 2.17. The second kappa shape index (κ2) is 9.52. The summed E-state index contributed by atoms with van der Waals surface area (Å²) in [6, 6.07) is 2.01. The van der Waals surface area contributed by atoms with Gasteiger partial charge in [-0.25, -0.2) is 0 Å². The number of carbonyl (C=O) groups is 2. The molecule has 0 fully saturated rings. The quantitative estimate of drug-likeness (QED) is 0.654. The Kier molecular flexibility index (Phi) is 8.00. The first-order valence-electron chi connectivity index (χ1n) is 7.19. The van der Waals surface area contributed by atoms with E-state index in [4.69, 9.17) is 4.74 Å². The van der Waals surface area contributed by atoms with E-state index in [-0.39, 0.29) is 25.0 Å². The van der Waals surface area contributed by atoms with Crippen molar-refractivity contribution in [2.75, 3.05) is 33.3 Å². The summed E-state index contributed by atoms with van der Waals surface area (Å²) >= 11 is 1.62. The topological polar surface area (TPSA) is 49.9 Å². The predicted molar refractivity (Wildman–Crippen MR) is 84.2 cm³/mol. The normalized spacial score (nSPS) is 10.7. The van der Waals surface area contributed by atoms with Gasteiger partial charge in [0.2, 0.25) is 5.91 Å². The highest BCUT2D eigenvalue weighted by atomic mass is 32.1. The third-order valence-electron chi connectivity index (χ3n) is 2.98. The highest BCUT2D eigenvalue weighted by Crippen LogP contribution is 2.08. The molecule has 0 bridgehead atoms. The molecule has 1 aromatic rings. The number of carbonyl (C=O) groups excluding carboxylic acids is 2. The Bertz CT molecular complexity index is 434. The summed E-state index contributed by atoms with van der Waals surface area (Å²) in [5, 5.41) is 4.03. The molecule has 1 amide bonds. The van der Waals surface area contributed by atoms with Crippen molar-refractivity contribution in [2.45, 2.75) is 26.8 Å². The second-order valence-electron chi connectivity index (χ2n) is 4.90. The van der Waals surface area contributed by atoms with Crippen molar-refractivity contribution in [2.24, 2.45) is 0 Å². The van der Waals surface area contributed by atoms with Crippen LogP contribution in [0.5, 0.6) is 0 Å². The van der Waals surface area contributed by atoms with Crippen molar-refractivity contribution in [1.29, 1.82) is 0 Å². The summed E-state index contributed by atoms with van der Waals surface area (Å²) in [4.78, 5) is 27.3. The van der Waals surface area contributed by atoms with E-state index in [9.17, 15) is 9.59 Å². The average molecular weight is 312 g/mol. The molecule has 0 aliphatic heterocycles. The van der Waals surface area contributed by atoms with Crippen LogP contribution in [0.15, 0.2) is 16.8 Å². The van der Waals surface area contributed by atoms with Gasteiger partial charge in [-0.15, -0.1) is 0 Å². The summed E-state index contributed by atoms with van der Waals surface area (Å²) in [6.45, 7) is 5.88. The standard InChI is InChI=1S/C15H24N2O3S/c1-4-7-17(11-15(19)20-5-2)10-14(18)16(3)9-13-6-8-21-12-13/h6,8,12H,4-5,7,9-11H2,1-3H3. The third-order valence-corrected chi connectivity index (χ3v) is 3.71. The van der Waals surface area contributed by atoms with Gasteiger partial charge in [-0.1, -0.05) is 6.92 Å². The SMILES string of the molecule is CCCN(CC(=O)OCC)CC(=O)N(C)Cc1ccsc1. The van der Waals surface area contributed by atoms with Gasteiger partial charge in [-0.3, -0.25) is 14.5 Å². The number of hydrogen-bond donors (Lipinski definition) is 0. The van der Waals surface area contributed by atoms with E-state index in [0.717, 1.165) is 12.0 Å². The van der Waals surface area contributed by atoms with Crippen LogP contribution in [-0.4, -0.2) is 55.0 Å². The van der Waals surface area contributed by atoms with Gasteiger partial charge in [0.15, 0.2) is 0 Å². The Balaban J connectivity index is 2.48. The zero-order valence-corrected chi connectivity index (χ0v) is 13.8.